The zero-order valence-electron chi connectivity index (χ0n) is 12.2. The number of H-pyrrole nitrogens is 1. The van der Waals surface area contributed by atoms with E-state index in [9.17, 15) is 5.11 Å². The molecule has 0 spiro atoms. The summed E-state index contributed by atoms with van der Waals surface area (Å²) in [6.07, 6.45) is 2.85. The normalized spacial score (nSPS) is 14.0. The molecule has 22 heavy (non-hydrogen) atoms. The van der Waals surface area contributed by atoms with Gasteiger partial charge in [0, 0.05) is 22.0 Å². The minimum atomic E-state index is 0.191. The molecule has 0 saturated heterocycles. The smallest absolute Gasteiger partial charge is 0.196 e. The number of nitrogens with zero attached hydrogens (tertiary/aromatic N) is 2. The second-order valence-corrected chi connectivity index (χ2v) is 5.35. The second kappa shape index (κ2) is 4.84. The summed E-state index contributed by atoms with van der Waals surface area (Å²) in [7, 11) is 0. The topological polar surface area (TPSA) is 60.7 Å². The monoisotopic (exact) mass is 289 g/mol. The summed E-state index contributed by atoms with van der Waals surface area (Å²) in [5, 5.41) is 21.5. The number of hydrogen-bond acceptors (Lipinski definition) is 3. The van der Waals surface area contributed by atoms with Gasteiger partial charge in [0.1, 0.15) is 0 Å². The van der Waals surface area contributed by atoms with E-state index in [0.717, 1.165) is 44.7 Å². The van der Waals surface area contributed by atoms with Gasteiger partial charge in [0.05, 0.1) is 11.1 Å². The number of aromatic nitrogens is 1. The standard InChI is InChI=1S/C18H15N3O/c1-2-15-14-10-11(7-8-17(14)21-20-15)9-13-12-5-3-4-6-16(12)19-18(13)22/h3-10,19,22H,2H2,1H3. The average Bonchev–Trinajstić information content (AvgIpc) is 3.08. The third-order valence-electron chi connectivity index (χ3n) is 3.98. The van der Waals surface area contributed by atoms with E-state index in [0.29, 0.717) is 0 Å². The minimum Gasteiger partial charge on any atom is -0.494 e. The Bertz CT molecular complexity index is 1030. The fourth-order valence-electron chi connectivity index (χ4n) is 2.85. The lowest BCUT2D eigenvalue weighted by Crippen LogP contribution is -2.15. The first kappa shape index (κ1) is 12.8. The molecular formula is C18H15N3O. The molecule has 2 N–H and O–H groups in total. The lowest BCUT2D eigenvalue weighted by atomic mass is 10.1. The van der Waals surface area contributed by atoms with Crippen molar-refractivity contribution < 1.29 is 5.11 Å². The van der Waals surface area contributed by atoms with E-state index in [1.54, 1.807) is 0 Å². The molecular weight excluding hydrogens is 274 g/mol. The maximum Gasteiger partial charge on any atom is 0.196 e. The van der Waals surface area contributed by atoms with Gasteiger partial charge < -0.3 is 10.1 Å². The van der Waals surface area contributed by atoms with E-state index < -0.39 is 0 Å². The van der Waals surface area contributed by atoms with Crippen molar-refractivity contribution in [3.63, 3.8) is 0 Å². The number of fused-ring (bicyclic) bond motifs is 2. The molecule has 2 aromatic carbocycles. The van der Waals surface area contributed by atoms with Crippen molar-refractivity contribution in [2.75, 3.05) is 0 Å². The van der Waals surface area contributed by atoms with E-state index in [2.05, 4.69) is 28.2 Å². The molecule has 0 fully saturated rings. The van der Waals surface area contributed by atoms with E-state index >= 15 is 0 Å². The fourth-order valence-corrected chi connectivity index (χ4v) is 2.85. The van der Waals surface area contributed by atoms with Gasteiger partial charge in [-0.25, -0.2) is 0 Å². The molecule has 108 valence electrons. The van der Waals surface area contributed by atoms with Crippen molar-refractivity contribution >= 4 is 22.7 Å². The minimum absolute atomic E-state index is 0.191. The van der Waals surface area contributed by atoms with Crippen molar-refractivity contribution in [2.24, 2.45) is 10.2 Å². The van der Waals surface area contributed by atoms with Gasteiger partial charge in [-0.3, -0.25) is 0 Å². The Morgan fingerprint density at radius 3 is 2.86 bits per heavy atom. The highest BCUT2D eigenvalue weighted by Gasteiger charge is 2.10. The highest BCUT2D eigenvalue weighted by atomic mass is 16.3. The summed E-state index contributed by atoms with van der Waals surface area (Å²) in [4.78, 5) is 3.00. The molecule has 2 heterocycles. The quantitative estimate of drug-likeness (QED) is 0.748. The van der Waals surface area contributed by atoms with Crippen molar-refractivity contribution in [1.29, 1.82) is 0 Å². The van der Waals surface area contributed by atoms with Crippen LogP contribution in [0.25, 0.3) is 17.0 Å². The molecule has 0 radical (unpaired) electrons. The van der Waals surface area contributed by atoms with Gasteiger partial charge in [0.2, 0.25) is 0 Å². The predicted octanol–water partition coefficient (Wildman–Crippen LogP) is 2.45. The van der Waals surface area contributed by atoms with Crippen LogP contribution in [0.15, 0.2) is 52.7 Å². The molecule has 0 bridgehead atoms. The number of benzene rings is 2. The molecule has 0 atom stereocenters. The summed E-state index contributed by atoms with van der Waals surface area (Å²) in [6.45, 7) is 2.07. The van der Waals surface area contributed by atoms with Gasteiger partial charge in [0.25, 0.3) is 0 Å². The molecule has 1 aliphatic heterocycles. The molecule has 0 amide bonds. The van der Waals surface area contributed by atoms with Gasteiger partial charge >= 0.3 is 0 Å². The largest absolute Gasteiger partial charge is 0.494 e. The van der Waals surface area contributed by atoms with Crippen molar-refractivity contribution in [2.45, 2.75) is 13.3 Å². The first-order chi connectivity index (χ1) is 10.8. The fraction of sp³-hybridized carbons (Fsp3) is 0.111. The lowest BCUT2D eigenvalue weighted by molar-refractivity contribution is 0.457. The molecule has 4 nitrogen and oxygen atoms in total. The van der Waals surface area contributed by atoms with Crippen LogP contribution in [-0.2, 0) is 0 Å². The van der Waals surface area contributed by atoms with Crippen LogP contribution < -0.4 is 10.6 Å². The zero-order chi connectivity index (χ0) is 15.1. The number of para-hydroxylation sites is 1. The van der Waals surface area contributed by atoms with Gasteiger partial charge in [-0.1, -0.05) is 31.2 Å². The maximum absolute atomic E-state index is 10.2. The molecule has 0 aliphatic carbocycles. The van der Waals surface area contributed by atoms with Crippen LogP contribution in [0.1, 0.15) is 24.5 Å². The van der Waals surface area contributed by atoms with Gasteiger partial charge in [-0.15, -0.1) is 0 Å². The summed E-state index contributed by atoms with van der Waals surface area (Å²) < 4.78 is 0. The third-order valence-corrected chi connectivity index (χ3v) is 3.98. The molecule has 4 rings (SSSR count). The Kier molecular flexibility index (Phi) is 2.82. The number of rotatable bonds is 2. The van der Waals surface area contributed by atoms with Gasteiger partial charge in [0.15, 0.2) is 5.88 Å². The average molecular weight is 289 g/mol. The Balaban J connectivity index is 1.92. The molecule has 1 aromatic heterocycles. The maximum atomic E-state index is 10.2. The Hall–Kier alpha value is -2.88. The van der Waals surface area contributed by atoms with Crippen LogP contribution in [0.2, 0.25) is 0 Å². The van der Waals surface area contributed by atoms with E-state index in [-0.39, 0.29) is 5.88 Å². The van der Waals surface area contributed by atoms with Gasteiger partial charge in [-0.05, 0) is 35.9 Å². The van der Waals surface area contributed by atoms with Crippen LogP contribution in [0.4, 0.5) is 0 Å². The highest BCUT2D eigenvalue weighted by Crippen LogP contribution is 2.27. The summed E-state index contributed by atoms with van der Waals surface area (Å²) in [6, 6.07) is 13.9. The molecule has 0 unspecified atom stereocenters. The SMILES string of the molecule is CCC1=NN=c2ccc(=Cc3c(O)[nH]c4ccccc34)cc21. The molecule has 0 saturated carbocycles. The second-order valence-electron chi connectivity index (χ2n) is 5.35. The van der Waals surface area contributed by atoms with Crippen molar-refractivity contribution in [3.05, 3.63) is 64.2 Å². The Morgan fingerprint density at radius 2 is 2.00 bits per heavy atom. The highest BCUT2D eigenvalue weighted by molar-refractivity contribution is 6.01. The van der Waals surface area contributed by atoms with Crippen LogP contribution >= 0.6 is 0 Å². The first-order valence-electron chi connectivity index (χ1n) is 7.32. The Morgan fingerprint density at radius 1 is 1.14 bits per heavy atom. The molecule has 1 aliphatic rings. The van der Waals surface area contributed by atoms with Crippen molar-refractivity contribution in [3.8, 4) is 5.88 Å². The number of nitrogens with one attached hydrogen (secondary N) is 1. The third kappa shape index (κ3) is 1.92. The van der Waals surface area contributed by atoms with Crippen LogP contribution in [0.5, 0.6) is 5.88 Å². The van der Waals surface area contributed by atoms with Crippen molar-refractivity contribution in [1.82, 2.24) is 4.98 Å². The first-order valence-corrected chi connectivity index (χ1v) is 7.32. The van der Waals surface area contributed by atoms with Crippen LogP contribution in [0, 0.1) is 0 Å². The zero-order valence-corrected chi connectivity index (χ0v) is 12.2. The summed E-state index contributed by atoms with van der Waals surface area (Å²) in [5.41, 5.74) is 3.82. The lowest BCUT2D eigenvalue weighted by Gasteiger charge is -1.97. The van der Waals surface area contributed by atoms with Gasteiger partial charge in [-0.2, -0.15) is 10.2 Å². The number of aromatic hydroxyl groups is 1. The number of aromatic amines is 1. The van der Waals surface area contributed by atoms with E-state index in [1.807, 2.05) is 42.5 Å². The van der Waals surface area contributed by atoms with Crippen LogP contribution in [-0.4, -0.2) is 15.8 Å². The molecule has 4 heteroatoms. The van der Waals surface area contributed by atoms with Crippen LogP contribution in [0.3, 0.4) is 0 Å². The van der Waals surface area contributed by atoms with E-state index in [1.165, 1.54) is 0 Å². The summed E-state index contributed by atoms with van der Waals surface area (Å²) in [5.74, 6) is 0.191. The predicted molar refractivity (Wildman–Crippen MR) is 87.6 cm³/mol. The van der Waals surface area contributed by atoms with E-state index in [4.69, 9.17) is 0 Å². The Labute approximate surface area is 127 Å². The molecule has 3 aromatic rings. The summed E-state index contributed by atoms with van der Waals surface area (Å²) >= 11 is 0. The number of hydrogen-bond donors (Lipinski definition) is 2.